The zero-order valence-electron chi connectivity index (χ0n) is 31.6. The Hall–Kier alpha value is -7.82. The van der Waals surface area contributed by atoms with Crippen molar-refractivity contribution in [2.24, 2.45) is 0 Å². The van der Waals surface area contributed by atoms with Crippen molar-refractivity contribution in [1.29, 1.82) is 0 Å². The summed E-state index contributed by atoms with van der Waals surface area (Å²) < 4.78 is 0. The van der Waals surface area contributed by atoms with Crippen LogP contribution >= 0.6 is 0 Å². The molecule has 0 fully saturated rings. The van der Waals surface area contributed by atoms with Gasteiger partial charge in [0.1, 0.15) is 0 Å². The Morgan fingerprint density at radius 3 is 1.05 bits per heavy atom. The summed E-state index contributed by atoms with van der Waals surface area (Å²) in [5.74, 6) is 1.77. The molecule has 4 heteroatoms. The van der Waals surface area contributed by atoms with Gasteiger partial charge in [-0.15, -0.1) is 0 Å². The lowest BCUT2D eigenvalue weighted by atomic mass is 9.95. The maximum Gasteiger partial charge on any atom is 0.164 e. The highest BCUT2D eigenvalue weighted by molar-refractivity contribution is 5.95. The predicted octanol–water partition coefficient (Wildman–Crippen LogP) is 13.8. The zero-order chi connectivity index (χ0) is 38.7. The number of nitrogens with zero attached hydrogens (tertiary/aromatic N) is 4. The Balaban J connectivity index is 1.21. The summed E-state index contributed by atoms with van der Waals surface area (Å²) in [6, 6.07) is 74.0. The number of benzene rings is 8. The Morgan fingerprint density at radius 1 is 0.241 bits per heavy atom. The van der Waals surface area contributed by atoms with E-state index in [1.165, 1.54) is 0 Å². The highest BCUT2D eigenvalue weighted by Crippen LogP contribution is 2.37. The van der Waals surface area contributed by atoms with E-state index in [4.69, 9.17) is 19.9 Å². The van der Waals surface area contributed by atoms with Gasteiger partial charge in [0.15, 0.2) is 17.5 Å². The second kappa shape index (κ2) is 15.4. The van der Waals surface area contributed by atoms with Crippen molar-refractivity contribution in [3.8, 4) is 89.9 Å². The van der Waals surface area contributed by atoms with E-state index in [-0.39, 0.29) is 0 Å². The SMILES string of the molecule is c1ccc(-c2cc(-c3ccccc3)cc(-c3nc(-c4cc(-c5ccccc5)cc(-c5ccccc5)c4)nc(-c4cccc(-c5nccc6ccccc56)c4)n3)c2)cc1. The molecular weight excluding hydrogens is 705 g/mol. The fourth-order valence-electron chi connectivity index (χ4n) is 7.62. The lowest BCUT2D eigenvalue weighted by molar-refractivity contribution is 1.07. The van der Waals surface area contributed by atoms with Crippen molar-refractivity contribution in [2.75, 3.05) is 0 Å². The first-order valence-corrected chi connectivity index (χ1v) is 19.5. The van der Waals surface area contributed by atoms with Crippen LogP contribution in [-0.2, 0) is 0 Å². The molecule has 0 aliphatic carbocycles. The van der Waals surface area contributed by atoms with Gasteiger partial charge in [0.25, 0.3) is 0 Å². The first-order chi connectivity index (χ1) is 28.7. The standard InChI is InChI=1S/C54H36N4/c1-5-16-37(17-6-1)44-31-45(38-18-7-2-8-19-38)34-48(33-44)53-56-52(43-26-15-25-42(30-43)51-50-27-14-13-24-41(50)28-29-55-51)57-54(58-53)49-35-46(39-20-9-3-10-21-39)32-47(36-49)40-22-11-4-12-23-40/h1-36H. The van der Waals surface area contributed by atoms with Gasteiger partial charge in [-0.05, 0) is 98.4 Å². The van der Waals surface area contributed by atoms with Crippen molar-refractivity contribution in [2.45, 2.75) is 0 Å². The van der Waals surface area contributed by atoms with Crippen LogP contribution in [0.4, 0.5) is 0 Å². The van der Waals surface area contributed by atoms with Crippen molar-refractivity contribution < 1.29 is 0 Å². The Kier molecular flexibility index (Phi) is 9.18. The molecule has 0 radical (unpaired) electrons. The third-order valence-corrected chi connectivity index (χ3v) is 10.5. The van der Waals surface area contributed by atoms with E-state index in [1.807, 2.05) is 36.5 Å². The lowest BCUT2D eigenvalue weighted by Gasteiger charge is -2.14. The molecule has 0 bridgehead atoms. The van der Waals surface area contributed by atoms with Gasteiger partial charge in [0.05, 0.1) is 5.69 Å². The number of aromatic nitrogens is 4. The van der Waals surface area contributed by atoms with E-state index >= 15 is 0 Å². The van der Waals surface area contributed by atoms with Crippen LogP contribution in [0.5, 0.6) is 0 Å². The minimum absolute atomic E-state index is 0.583. The summed E-state index contributed by atoms with van der Waals surface area (Å²) in [7, 11) is 0. The average Bonchev–Trinajstić information content (AvgIpc) is 3.32. The van der Waals surface area contributed by atoms with Crippen LogP contribution in [0.15, 0.2) is 219 Å². The molecule has 0 aliphatic rings. The quantitative estimate of drug-likeness (QED) is 0.156. The fourth-order valence-corrected chi connectivity index (χ4v) is 7.62. The molecular formula is C54H36N4. The Bertz CT molecular complexity index is 2770. The Morgan fingerprint density at radius 2 is 0.586 bits per heavy atom. The number of fused-ring (bicyclic) bond motifs is 1. The molecule has 10 aromatic rings. The van der Waals surface area contributed by atoms with Crippen molar-refractivity contribution in [1.82, 2.24) is 19.9 Å². The van der Waals surface area contributed by atoms with Crippen LogP contribution in [0, 0.1) is 0 Å². The minimum Gasteiger partial charge on any atom is -0.256 e. The number of pyridine rings is 1. The van der Waals surface area contributed by atoms with Crippen LogP contribution in [0.2, 0.25) is 0 Å². The predicted molar refractivity (Wildman–Crippen MR) is 239 cm³/mol. The van der Waals surface area contributed by atoms with Crippen LogP contribution in [0.3, 0.4) is 0 Å². The first-order valence-electron chi connectivity index (χ1n) is 19.5. The minimum atomic E-state index is 0.583. The summed E-state index contributed by atoms with van der Waals surface area (Å²) in [6.45, 7) is 0. The molecule has 58 heavy (non-hydrogen) atoms. The molecule has 0 N–H and O–H groups in total. The molecule has 10 rings (SSSR count). The van der Waals surface area contributed by atoms with Crippen LogP contribution in [0.1, 0.15) is 0 Å². The van der Waals surface area contributed by atoms with Crippen LogP contribution in [-0.4, -0.2) is 19.9 Å². The second-order valence-electron chi connectivity index (χ2n) is 14.3. The normalized spacial score (nSPS) is 11.1. The van der Waals surface area contributed by atoms with E-state index < -0.39 is 0 Å². The van der Waals surface area contributed by atoms with E-state index in [2.05, 4.69) is 182 Å². The summed E-state index contributed by atoms with van der Waals surface area (Å²) in [4.78, 5) is 20.7. The van der Waals surface area contributed by atoms with Gasteiger partial charge < -0.3 is 0 Å². The summed E-state index contributed by atoms with van der Waals surface area (Å²) >= 11 is 0. The molecule has 0 saturated heterocycles. The van der Waals surface area contributed by atoms with Crippen molar-refractivity contribution in [3.05, 3.63) is 219 Å². The van der Waals surface area contributed by atoms with Gasteiger partial charge in [0.2, 0.25) is 0 Å². The largest absolute Gasteiger partial charge is 0.256 e. The molecule has 4 nitrogen and oxygen atoms in total. The van der Waals surface area contributed by atoms with Gasteiger partial charge in [0, 0.05) is 33.8 Å². The van der Waals surface area contributed by atoms with E-state index in [9.17, 15) is 0 Å². The molecule has 0 unspecified atom stereocenters. The highest BCUT2D eigenvalue weighted by atomic mass is 15.0. The van der Waals surface area contributed by atoms with Gasteiger partial charge in [-0.25, -0.2) is 15.0 Å². The topological polar surface area (TPSA) is 51.6 Å². The average molecular weight is 741 g/mol. The third kappa shape index (κ3) is 7.07. The molecule has 0 spiro atoms. The van der Waals surface area contributed by atoms with E-state index in [0.29, 0.717) is 17.5 Å². The molecule has 2 heterocycles. The smallest absolute Gasteiger partial charge is 0.164 e. The van der Waals surface area contributed by atoms with Gasteiger partial charge >= 0.3 is 0 Å². The molecule has 0 saturated carbocycles. The van der Waals surface area contributed by atoms with Gasteiger partial charge in [-0.1, -0.05) is 164 Å². The number of hydrogen-bond acceptors (Lipinski definition) is 4. The van der Waals surface area contributed by atoms with Crippen LogP contribution in [0.25, 0.3) is 101 Å². The maximum absolute atomic E-state index is 5.33. The maximum atomic E-state index is 5.33. The Labute approximate surface area is 337 Å². The lowest BCUT2D eigenvalue weighted by Crippen LogP contribution is -2.01. The third-order valence-electron chi connectivity index (χ3n) is 10.5. The summed E-state index contributed by atoms with van der Waals surface area (Å²) in [5, 5.41) is 2.24. The van der Waals surface area contributed by atoms with Gasteiger partial charge in [-0.3, -0.25) is 4.98 Å². The first kappa shape index (κ1) is 34.7. The number of rotatable bonds is 8. The summed E-state index contributed by atoms with van der Waals surface area (Å²) in [5.41, 5.74) is 13.4. The molecule has 2 aromatic heterocycles. The van der Waals surface area contributed by atoms with Crippen molar-refractivity contribution >= 4 is 10.8 Å². The molecule has 8 aromatic carbocycles. The highest BCUT2D eigenvalue weighted by Gasteiger charge is 2.18. The second-order valence-corrected chi connectivity index (χ2v) is 14.3. The van der Waals surface area contributed by atoms with Gasteiger partial charge in [-0.2, -0.15) is 0 Å². The molecule has 272 valence electrons. The van der Waals surface area contributed by atoms with E-state index in [1.54, 1.807) is 0 Å². The van der Waals surface area contributed by atoms with Crippen molar-refractivity contribution in [3.63, 3.8) is 0 Å². The molecule has 0 amide bonds. The monoisotopic (exact) mass is 740 g/mol. The van der Waals surface area contributed by atoms with Crippen LogP contribution < -0.4 is 0 Å². The molecule has 0 aliphatic heterocycles. The van der Waals surface area contributed by atoms with E-state index in [0.717, 1.165) is 83.2 Å². The fraction of sp³-hybridized carbons (Fsp3) is 0. The summed E-state index contributed by atoms with van der Waals surface area (Å²) in [6.07, 6.45) is 1.87. The number of hydrogen-bond donors (Lipinski definition) is 0. The molecule has 0 atom stereocenters. The zero-order valence-corrected chi connectivity index (χ0v) is 31.6.